The number of carboxylic acid groups (broad SMARTS) is 1. The number of carbonyl (C=O) groups is 2. The summed E-state index contributed by atoms with van der Waals surface area (Å²) in [6.45, 7) is 12.4. The predicted molar refractivity (Wildman–Crippen MR) is 232 cm³/mol. The molecule has 22 heteroatoms. The standard InChI is InChI=1S/C21H31NO5S.C14H18NO3S.C6H11BrO2.3K.O3S/c1-17-9-10-20-19(15-17)21(3,11-5-8-14-28(24,25)26)18(2)22(20)12-6-4-7-13-27-16-23;1-11-14(2,9-5-6-10-19(16,17)18)12-7-3-4-8-13(12)15-11;7-5-3-1-2-4-6(8)9;;;;1-4(2)3/h9-10,15-16H,4-8,11-14H2,1-3H3;4,7-8H,5-6,9-10H2,1-2H3,(H,16,17,18);1-5H2,(H,8,9);;;;/q;-1;;3*+1;/p-1. The maximum absolute atomic E-state index is 10.9. The number of alkyl halides is 1. The largest absolute Gasteiger partial charge is 1.00 e. The molecule has 2 aromatic carbocycles. The molecule has 0 aromatic heterocycles. The normalized spacial score (nSPS) is 16.9. The molecule has 0 aliphatic carbocycles. The molecular formula is C41H59BrK3N2O13S3+. The van der Waals surface area contributed by atoms with Crippen LogP contribution in [-0.4, -0.2) is 102 Å². The maximum Gasteiger partial charge on any atom is 1.00 e. The number of hydrogen-bond acceptors (Lipinski definition) is 13. The second kappa shape index (κ2) is 35.6. The number of carbonyl (C=O) groups excluding carboxylic acids is 1. The number of unbranched alkanes of at least 4 members (excludes halogenated alkanes) is 6. The number of aliphatic imine (C=N–C) groups is 1. The van der Waals surface area contributed by atoms with Gasteiger partial charge in [0.25, 0.3) is 6.47 Å². The third-order valence-corrected chi connectivity index (χ3v) is 12.8. The van der Waals surface area contributed by atoms with E-state index in [1.165, 1.54) is 22.5 Å². The molecule has 2 heterocycles. The molecule has 2 atom stereocenters. The van der Waals surface area contributed by atoms with Crippen LogP contribution in [-0.2, 0) is 56.0 Å². The number of carboxylic acids is 1. The Morgan fingerprint density at radius 2 is 1.40 bits per heavy atom. The minimum atomic E-state index is -4.15. The number of aliphatic carboxylic acids is 1. The van der Waals surface area contributed by atoms with Crippen LogP contribution >= 0.6 is 15.9 Å². The zero-order valence-electron chi connectivity index (χ0n) is 38.1. The van der Waals surface area contributed by atoms with Gasteiger partial charge in [-0.3, -0.25) is 14.6 Å². The van der Waals surface area contributed by atoms with E-state index in [0.717, 1.165) is 80.2 Å². The van der Waals surface area contributed by atoms with E-state index >= 15 is 0 Å². The molecule has 2 aromatic rings. The zero-order chi connectivity index (χ0) is 45.6. The van der Waals surface area contributed by atoms with Crippen molar-refractivity contribution in [2.45, 2.75) is 129 Å². The van der Waals surface area contributed by atoms with Gasteiger partial charge in [0, 0.05) is 53.9 Å². The van der Waals surface area contributed by atoms with Crippen molar-refractivity contribution in [2.24, 2.45) is 4.99 Å². The van der Waals surface area contributed by atoms with E-state index in [1.54, 1.807) is 0 Å². The van der Waals surface area contributed by atoms with Crippen molar-refractivity contribution < 1.29 is 217 Å². The summed E-state index contributed by atoms with van der Waals surface area (Å²) in [5.74, 6) is -1.27. The minimum absolute atomic E-state index is 0. The fourth-order valence-corrected chi connectivity index (χ4v) is 8.63. The van der Waals surface area contributed by atoms with Crippen LogP contribution in [0.3, 0.4) is 0 Å². The second-order valence-electron chi connectivity index (χ2n) is 15.1. The monoisotopic (exact) mass is 1080 g/mol. The molecule has 0 bridgehead atoms. The van der Waals surface area contributed by atoms with Crippen LogP contribution in [0.25, 0.3) is 0 Å². The Morgan fingerprint density at radius 3 is 1.92 bits per heavy atom. The van der Waals surface area contributed by atoms with E-state index in [1.807, 2.05) is 25.1 Å². The number of aryl methyl sites for hydroxylation is 1. The third kappa shape index (κ3) is 27.5. The van der Waals surface area contributed by atoms with Crippen molar-refractivity contribution in [2.75, 3.05) is 30.0 Å². The first kappa shape index (κ1) is 68.8. The van der Waals surface area contributed by atoms with Gasteiger partial charge < -0.3 is 18.9 Å². The molecule has 2 aliphatic heterocycles. The van der Waals surface area contributed by atoms with E-state index in [2.05, 4.69) is 77.5 Å². The average Bonchev–Trinajstić information content (AvgIpc) is 3.52. The molecular weight excluding hydrogens is 1020 g/mol. The summed E-state index contributed by atoms with van der Waals surface area (Å²) in [5, 5.41) is 9.18. The van der Waals surface area contributed by atoms with E-state index in [0.29, 0.717) is 45.2 Å². The molecule has 0 radical (unpaired) electrons. The van der Waals surface area contributed by atoms with E-state index in [4.69, 9.17) is 22.5 Å². The summed E-state index contributed by atoms with van der Waals surface area (Å²) in [5.41, 5.74) is 7.77. The van der Waals surface area contributed by atoms with Crippen LogP contribution in [0.5, 0.6) is 0 Å². The van der Waals surface area contributed by atoms with Gasteiger partial charge in [0.1, 0.15) is 6.54 Å². The van der Waals surface area contributed by atoms with Gasteiger partial charge in [-0.2, -0.15) is 22.8 Å². The van der Waals surface area contributed by atoms with Crippen molar-refractivity contribution in [3.05, 3.63) is 59.2 Å². The Hall–Kier alpha value is 1.55. The summed E-state index contributed by atoms with van der Waals surface area (Å²) in [7, 11) is -11.4. The molecule has 338 valence electrons. The van der Waals surface area contributed by atoms with Crippen LogP contribution < -0.4 is 154 Å². The fraction of sp³-hybridized carbons (Fsp3) is 0.610. The van der Waals surface area contributed by atoms with Gasteiger partial charge in [0.15, 0.2) is 5.71 Å². The van der Waals surface area contributed by atoms with Gasteiger partial charge in [-0.15, -0.1) is 24.3 Å². The minimum Gasteiger partial charge on any atom is -0.748 e. The molecule has 2 aliphatic rings. The molecule has 1 N–H and O–H groups in total. The Labute approximate surface area is 512 Å². The molecule has 0 amide bonds. The zero-order valence-corrected chi connectivity index (χ0v) is 51.5. The van der Waals surface area contributed by atoms with Gasteiger partial charge >= 0.3 is 171 Å². The Balaban J connectivity index is -0.000000889. The number of nitrogens with zero attached hydrogens (tertiary/aromatic N) is 2. The Bertz CT molecular complexity index is 2120. The quantitative estimate of drug-likeness (QED) is 0.0256. The fourth-order valence-electron chi connectivity index (χ4n) is 7.12. The van der Waals surface area contributed by atoms with Crippen molar-refractivity contribution in [3.63, 3.8) is 0 Å². The Morgan fingerprint density at radius 1 is 0.841 bits per heavy atom. The maximum atomic E-state index is 10.9. The second-order valence-corrected chi connectivity index (χ2v) is 19.4. The molecule has 0 saturated carbocycles. The first-order valence-electron chi connectivity index (χ1n) is 19.8. The van der Waals surface area contributed by atoms with Gasteiger partial charge in [-0.25, -0.2) is 16.8 Å². The van der Waals surface area contributed by atoms with Gasteiger partial charge in [0.05, 0.1) is 32.3 Å². The van der Waals surface area contributed by atoms with Crippen molar-refractivity contribution in [3.8, 4) is 0 Å². The van der Waals surface area contributed by atoms with Crippen LogP contribution in [0, 0.1) is 13.0 Å². The van der Waals surface area contributed by atoms with Crippen molar-refractivity contribution in [1.29, 1.82) is 0 Å². The smallest absolute Gasteiger partial charge is 0.748 e. The Kier molecular flexibility index (Phi) is 38.9. The molecule has 4 rings (SSSR count). The molecule has 0 fully saturated rings. The van der Waals surface area contributed by atoms with Gasteiger partial charge in [-0.1, -0.05) is 53.7 Å². The third-order valence-electron chi connectivity index (χ3n) is 10.6. The number of fused-ring (bicyclic) bond motifs is 2. The summed E-state index contributed by atoms with van der Waals surface area (Å²) in [6, 6.07) is 15.3. The average molecular weight is 1080 g/mol. The number of benzene rings is 2. The molecule has 63 heavy (non-hydrogen) atoms. The first-order valence-corrected chi connectivity index (χ1v) is 25.1. The van der Waals surface area contributed by atoms with Crippen molar-refractivity contribution in [1.82, 2.24) is 0 Å². The predicted octanol–water partition coefficient (Wildman–Crippen LogP) is -1.97. The first-order chi connectivity index (χ1) is 28.0. The molecule has 0 saturated heterocycles. The van der Waals surface area contributed by atoms with E-state index < -0.39 is 36.8 Å². The van der Waals surface area contributed by atoms with Crippen molar-refractivity contribution >= 4 is 82.0 Å². The summed E-state index contributed by atoms with van der Waals surface area (Å²) in [4.78, 5) is 24.7. The van der Waals surface area contributed by atoms with E-state index in [9.17, 15) is 35.5 Å². The van der Waals surface area contributed by atoms with Crippen LogP contribution in [0.15, 0.2) is 41.4 Å². The summed E-state index contributed by atoms with van der Waals surface area (Å²) in [6.07, 6.45) is 9.84. The van der Waals surface area contributed by atoms with Gasteiger partial charge in [0.2, 0.25) is 5.69 Å². The number of rotatable bonds is 22. The summed E-state index contributed by atoms with van der Waals surface area (Å²) < 4.78 is 96.8. The molecule has 0 spiro atoms. The molecule has 2 unspecified atom stereocenters. The SMILES string of the molecule is CC1=Nc2cc[c-]cc2C1(C)CCCCS(=O)(=O)[O-].CC1=[N+](CCCCCOC=O)c2ccc(C)cc2C1(C)CCCCS(=O)(=O)[O-].O=C(O)CCCCCBr.O=S(=O)=O.[K+].[K+].[K+]. The van der Waals surface area contributed by atoms with Gasteiger partial charge in [-0.05, 0) is 89.3 Å². The number of ether oxygens (including phenoxy) is 1. The summed E-state index contributed by atoms with van der Waals surface area (Å²) >= 11 is 3.27. The topological polar surface area (TPSA) is 245 Å². The van der Waals surface area contributed by atoms with Crippen LogP contribution in [0.2, 0.25) is 0 Å². The van der Waals surface area contributed by atoms with Crippen LogP contribution in [0.1, 0.15) is 128 Å². The molecule has 15 nitrogen and oxygen atoms in total. The van der Waals surface area contributed by atoms with E-state index in [-0.39, 0.29) is 176 Å². The number of halogens is 1. The number of hydrogen-bond donors (Lipinski definition) is 1. The van der Waals surface area contributed by atoms with Crippen LogP contribution in [0.4, 0.5) is 11.4 Å².